The van der Waals surface area contributed by atoms with Gasteiger partial charge in [0.15, 0.2) is 0 Å². The summed E-state index contributed by atoms with van der Waals surface area (Å²) in [6.45, 7) is 5.05. The monoisotopic (exact) mass is 831 g/mol. The molecule has 3 aromatic carbocycles. The average Bonchev–Trinajstić information content (AvgIpc) is 3.78. The summed E-state index contributed by atoms with van der Waals surface area (Å²) in [5, 5.41) is 4.76. The van der Waals surface area contributed by atoms with Crippen LogP contribution in [0.25, 0.3) is 12.2 Å². The molecule has 3 heterocycles. The standard InChI is InChI=1S/C40H34NO3PS.Os/c1-5-16-35-37-38(40(43)41(4)39(37)42)36(46-35)24-23-30(25-31-27-44-26-29(31)6-2)28(3)45(32-17-10-7-11-18-32,33-19-12-8-13-20-33)34-21-14-9-15-22-34;/h5-25H,26-27H2,1-2,4H3;/q+1;/b16-5+,24-23+,29-6?,30-28?,31-25?;. The number of rotatable bonds is 8. The summed E-state index contributed by atoms with van der Waals surface area (Å²) in [5.74, 6) is -0.525. The fourth-order valence-electron chi connectivity index (χ4n) is 6.21. The minimum atomic E-state index is -2.50. The van der Waals surface area contributed by atoms with Crippen molar-refractivity contribution in [2.24, 2.45) is 0 Å². The maximum absolute atomic E-state index is 13.4. The molecule has 1 fully saturated rings. The fourth-order valence-corrected chi connectivity index (χ4v) is 13.2. The predicted molar refractivity (Wildman–Crippen MR) is 193 cm³/mol. The van der Waals surface area contributed by atoms with Crippen LogP contribution in [0.1, 0.15) is 44.3 Å². The Morgan fingerprint density at radius 3 is 1.74 bits per heavy atom. The van der Waals surface area contributed by atoms with Gasteiger partial charge in [-0.15, -0.1) is 0 Å². The van der Waals surface area contributed by atoms with Crippen molar-refractivity contribution >= 4 is 58.5 Å². The quantitative estimate of drug-likeness (QED) is 0.104. The van der Waals surface area contributed by atoms with Gasteiger partial charge in [-0.25, -0.2) is 0 Å². The third-order valence-corrected chi connectivity index (χ3v) is 15.0. The average molecular weight is 830 g/mol. The van der Waals surface area contributed by atoms with Crippen LogP contribution in [0.15, 0.2) is 137 Å². The molecule has 1 saturated heterocycles. The van der Waals surface area contributed by atoms with E-state index in [1.807, 2.05) is 32.1 Å². The SMILES string of the molecule is CC=C1COCC1=CC(/C=C/c1sc(/C=C/C)c2c1C(=O)N(C)C2=O)=C([C]#[Os])[P+](c1ccccc1)(c1ccccc1)c1ccccc1. The summed E-state index contributed by atoms with van der Waals surface area (Å²) >= 11 is 3.21. The summed E-state index contributed by atoms with van der Waals surface area (Å²) in [4.78, 5) is 29.2. The summed E-state index contributed by atoms with van der Waals surface area (Å²) in [6.07, 6.45) is 12.3. The van der Waals surface area contributed by atoms with E-state index in [4.69, 9.17) is 4.74 Å². The maximum atomic E-state index is 13.4. The van der Waals surface area contributed by atoms with Crippen LogP contribution in [0, 0.1) is 4.37 Å². The van der Waals surface area contributed by atoms with E-state index in [0.717, 1.165) is 31.8 Å². The number of hydrogen-bond donors (Lipinski definition) is 0. The van der Waals surface area contributed by atoms with Crippen molar-refractivity contribution < 1.29 is 32.3 Å². The third-order valence-electron chi connectivity index (χ3n) is 8.46. The number of ether oxygens (including phenoxy) is 1. The van der Waals surface area contributed by atoms with E-state index in [1.54, 1.807) is 25.0 Å². The van der Waals surface area contributed by atoms with Gasteiger partial charge in [-0.2, -0.15) is 0 Å². The van der Waals surface area contributed by atoms with Crippen LogP contribution in [0.3, 0.4) is 0 Å². The Hall–Kier alpha value is -3.99. The van der Waals surface area contributed by atoms with Crippen LogP contribution in [0.4, 0.5) is 0 Å². The molecule has 2 aliphatic heterocycles. The van der Waals surface area contributed by atoms with Gasteiger partial charge in [-0.3, -0.25) is 0 Å². The number of imide groups is 1. The fraction of sp³-hybridized carbons (Fsp3) is 0.125. The van der Waals surface area contributed by atoms with Gasteiger partial charge in [0.1, 0.15) is 0 Å². The normalized spacial score (nSPS) is 17.3. The number of hydrogen-bond acceptors (Lipinski definition) is 4. The Morgan fingerprint density at radius 2 is 1.28 bits per heavy atom. The Kier molecular flexibility index (Phi) is 10.1. The van der Waals surface area contributed by atoms with Gasteiger partial charge < -0.3 is 0 Å². The molecule has 2 amide bonds. The molecular formula is C40H34NO3OsPS+. The van der Waals surface area contributed by atoms with Crippen molar-refractivity contribution in [2.75, 3.05) is 20.3 Å². The summed E-state index contributed by atoms with van der Waals surface area (Å²) < 4.78 is 9.67. The second-order valence-electron chi connectivity index (χ2n) is 11.1. The number of benzene rings is 3. The summed E-state index contributed by atoms with van der Waals surface area (Å²) in [6, 6.07) is 32.2. The van der Waals surface area contributed by atoms with Crippen molar-refractivity contribution in [3.63, 3.8) is 0 Å². The molecule has 0 unspecified atom stereocenters. The van der Waals surface area contributed by atoms with Crippen LogP contribution in [0.2, 0.25) is 0 Å². The van der Waals surface area contributed by atoms with Crippen molar-refractivity contribution in [2.45, 2.75) is 13.8 Å². The molecular weight excluding hydrogens is 796 g/mol. The van der Waals surface area contributed by atoms with Crippen LogP contribution < -0.4 is 15.9 Å². The Balaban J connectivity index is 1.70. The molecule has 0 saturated carbocycles. The van der Waals surface area contributed by atoms with E-state index in [9.17, 15) is 9.59 Å². The molecule has 1 aromatic heterocycles. The molecule has 0 bridgehead atoms. The van der Waals surface area contributed by atoms with Gasteiger partial charge in [0.2, 0.25) is 0 Å². The van der Waals surface area contributed by atoms with Crippen molar-refractivity contribution in [1.29, 1.82) is 0 Å². The zero-order chi connectivity index (χ0) is 33.0. The number of fused-ring (bicyclic) bond motifs is 1. The molecule has 0 atom stereocenters. The first-order chi connectivity index (χ1) is 22.9. The molecule has 235 valence electrons. The molecule has 47 heavy (non-hydrogen) atoms. The van der Waals surface area contributed by atoms with E-state index in [0.29, 0.717) is 24.3 Å². The predicted octanol–water partition coefficient (Wildman–Crippen LogP) is 7.68. The number of amides is 2. The molecule has 0 N–H and O–H groups in total. The zero-order valence-corrected chi connectivity index (χ0v) is 30.7. The van der Waals surface area contributed by atoms with Crippen LogP contribution >= 0.6 is 18.6 Å². The molecule has 4 aromatic rings. The molecule has 0 spiro atoms. The Morgan fingerprint density at radius 1 is 0.787 bits per heavy atom. The van der Waals surface area contributed by atoms with Gasteiger partial charge in [-0.1, -0.05) is 0 Å². The van der Waals surface area contributed by atoms with Crippen LogP contribution in [-0.2, 0) is 22.7 Å². The number of carbonyl (C=O) groups is 2. The number of thiophene rings is 1. The third kappa shape index (κ3) is 5.98. The first-order valence-corrected chi connectivity index (χ1v) is 19.2. The van der Waals surface area contributed by atoms with Gasteiger partial charge in [0, 0.05) is 0 Å². The molecule has 4 nitrogen and oxygen atoms in total. The number of carbonyl (C=O) groups excluding carboxylic acids is 2. The van der Waals surface area contributed by atoms with E-state index in [1.165, 1.54) is 32.2 Å². The Bertz CT molecular complexity index is 1940. The Labute approximate surface area is 290 Å². The second-order valence-corrected chi connectivity index (χ2v) is 16.2. The van der Waals surface area contributed by atoms with Crippen LogP contribution in [0.5, 0.6) is 0 Å². The summed E-state index contributed by atoms with van der Waals surface area (Å²) in [7, 11) is -0.946. The molecule has 2 aliphatic rings. The first kappa shape index (κ1) is 32.9. The second kappa shape index (κ2) is 14.4. The van der Waals surface area contributed by atoms with Crippen molar-refractivity contribution in [1.82, 2.24) is 4.90 Å². The number of nitrogens with zero attached hydrogens (tertiary/aromatic N) is 1. The zero-order valence-electron chi connectivity index (χ0n) is 26.4. The molecule has 7 heteroatoms. The number of allylic oxidation sites excluding steroid dienone is 6. The first-order valence-electron chi connectivity index (χ1n) is 15.4. The van der Waals surface area contributed by atoms with Gasteiger partial charge in [0.25, 0.3) is 0 Å². The van der Waals surface area contributed by atoms with Crippen LogP contribution in [-0.4, -0.2) is 37.0 Å². The van der Waals surface area contributed by atoms with Gasteiger partial charge in [0.05, 0.1) is 0 Å². The van der Waals surface area contributed by atoms with E-state index in [2.05, 4.69) is 114 Å². The summed E-state index contributed by atoms with van der Waals surface area (Å²) in [5.41, 5.74) is 4.23. The molecule has 0 aliphatic carbocycles. The van der Waals surface area contributed by atoms with Gasteiger partial charge >= 0.3 is 292 Å². The molecule has 0 radical (unpaired) electrons. The van der Waals surface area contributed by atoms with Gasteiger partial charge in [-0.05, 0) is 0 Å². The topological polar surface area (TPSA) is 46.6 Å². The molecule has 6 rings (SSSR count). The van der Waals surface area contributed by atoms with E-state index >= 15 is 0 Å². The van der Waals surface area contributed by atoms with E-state index in [-0.39, 0.29) is 11.8 Å². The minimum absolute atomic E-state index is 0.257. The van der Waals surface area contributed by atoms with Crippen molar-refractivity contribution in [3.8, 4) is 4.37 Å². The van der Waals surface area contributed by atoms with Crippen molar-refractivity contribution in [3.05, 3.63) is 158 Å². The van der Waals surface area contributed by atoms with E-state index < -0.39 is 7.26 Å².